The van der Waals surface area contributed by atoms with Crippen molar-refractivity contribution in [2.24, 2.45) is 5.41 Å². The number of ether oxygens (including phenoxy) is 1. The molecule has 4 heteroatoms. The van der Waals surface area contributed by atoms with Crippen LogP contribution in [0, 0.1) is 5.41 Å². The van der Waals surface area contributed by atoms with Gasteiger partial charge in [0, 0.05) is 26.1 Å². The number of rotatable bonds is 5. The molecular weight excluding hydrogens is 252 g/mol. The van der Waals surface area contributed by atoms with Crippen molar-refractivity contribution in [3.63, 3.8) is 0 Å². The van der Waals surface area contributed by atoms with E-state index < -0.39 is 0 Å². The van der Waals surface area contributed by atoms with Gasteiger partial charge in [-0.15, -0.1) is 0 Å². The lowest BCUT2D eigenvalue weighted by Gasteiger charge is -2.50. The Balaban J connectivity index is 1.69. The zero-order valence-electron chi connectivity index (χ0n) is 13.7. The van der Waals surface area contributed by atoms with Crippen molar-refractivity contribution in [3.05, 3.63) is 0 Å². The highest BCUT2D eigenvalue weighted by Crippen LogP contribution is 2.23. The number of fused-ring (bicyclic) bond motifs is 3. The molecule has 0 radical (unpaired) electrons. The van der Waals surface area contributed by atoms with Crippen molar-refractivity contribution in [2.75, 3.05) is 45.8 Å². The first-order valence-electron chi connectivity index (χ1n) is 8.08. The minimum Gasteiger partial charge on any atom is -0.462 e. The van der Waals surface area contributed by atoms with Crippen LogP contribution >= 0.6 is 0 Å². The van der Waals surface area contributed by atoms with Gasteiger partial charge in [0.25, 0.3) is 0 Å². The third-order valence-electron chi connectivity index (χ3n) is 5.21. The molecule has 3 aliphatic rings. The van der Waals surface area contributed by atoms with Crippen molar-refractivity contribution >= 4 is 5.97 Å². The summed E-state index contributed by atoms with van der Waals surface area (Å²) in [6.07, 6.45) is 1.53. The van der Waals surface area contributed by atoms with Crippen LogP contribution in [-0.4, -0.2) is 67.3 Å². The summed E-state index contributed by atoms with van der Waals surface area (Å²) in [5.74, 6) is -0.0266. The topological polar surface area (TPSA) is 29.5 Å². The van der Waals surface area contributed by atoms with E-state index in [-0.39, 0.29) is 17.5 Å². The number of hydrogen-bond donors (Lipinski definition) is 0. The van der Waals surface area contributed by atoms with Gasteiger partial charge >= 0.3 is 5.97 Å². The predicted octanol–water partition coefficient (Wildman–Crippen LogP) is 1.89. The maximum atomic E-state index is 11.9. The average molecular weight is 283 g/mol. The smallest absolute Gasteiger partial charge is 0.306 e. The maximum absolute atomic E-state index is 11.9. The molecule has 0 N–H and O–H groups in total. The van der Waals surface area contributed by atoms with Crippen LogP contribution in [0.2, 0.25) is 0 Å². The zero-order valence-corrected chi connectivity index (χ0v) is 13.7. The zero-order chi connectivity index (χ0) is 14.8. The van der Waals surface area contributed by atoms with Gasteiger partial charge < -0.3 is 9.22 Å². The molecule has 116 valence electrons. The van der Waals surface area contributed by atoms with Gasteiger partial charge in [0.2, 0.25) is 0 Å². The third kappa shape index (κ3) is 3.95. The van der Waals surface area contributed by atoms with Gasteiger partial charge in [0.1, 0.15) is 6.10 Å². The lowest BCUT2D eigenvalue weighted by molar-refractivity contribution is -0.941. The molecule has 3 heterocycles. The molecule has 3 rings (SSSR count). The fraction of sp³-hybridized carbons (Fsp3) is 0.938. The standard InChI is InChI=1S/C16H31N2O2/c1-14(16(2,3)4)20-15(19)6-5-10-18-11-7-17(8-12-18)9-13-18/h14H,5-13H2,1-4H3/q+1/t14-/m1/s1. The Bertz CT molecular complexity index is 327. The first kappa shape index (κ1) is 15.8. The van der Waals surface area contributed by atoms with Crippen molar-refractivity contribution in [1.82, 2.24) is 4.90 Å². The quantitative estimate of drug-likeness (QED) is 0.570. The highest BCUT2D eigenvalue weighted by molar-refractivity contribution is 5.69. The SMILES string of the molecule is C[C@@H](OC(=O)CCC[N+]12CCN(CC1)CC2)C(C)(C)C. The average Bonchev–Trinajstić information content (AvgIpc) is 2.39. The first-order valence-corrected chi connectivity index (χ1v) is 8.08. The molecule has 0 aromatic heterocycles. The highest BCUT2D eigenvalue weighted by Gasteiger charge is 2.37. The Morgan fingerprint density at radius 1 is 1.20 bits per heavy atom. The molecule has 3 fully saturated rings. The molecule has 3 saturated heterocycles. The van der Waals surface area contributed by atoms with Crippen LogP contribution in [0.5, 0.6) is 0 Å². The van der Waals surface area contributed by atoms with Crippen molar-refractivity contribution in [2.45, 2.75) is 46.6 Å². The molecule has 0 aromatic carbocycles. The number of carbonyl (C=O) groups excluding carboxylic acids is 1. The molecule has 3 aliphatic heterocycles. The largest absolute Gasteiger partial charge is 0.462 e. The lowest BCUT2D eigenvalue weighted by atomic mass is 9.90. The number of carbonyl (C=O) groups is 1. The Labute approximate surface area is 123 Å². The normalized spacial score (nSPS) is 31.1. The van der Waals surface area contributed by atoms with Gasteiger partial charge in [0.05, 0.1) is 32.6 Å². The van der Waals surface area contributed by atoms with Crippen LogP contribution in [0.15, 0.2) is 0 Å². The van der Waals surface area contributed by atoms with Crippen molar-refractivity contribution in [3.8, 4) is 0 Å². The van der Waals surface area contributed by atoms with Gasteiger partial charge in [-0.3, -0.25) is 9.69 Å². The van der Waals surface area contributed by atoms with Gasteiger partial charge in [-0.05, 0) is 12.3 Å². The summed E-state index contributed by atoms with van der Waals surface area (Å²) < 4.78 is 6.76. The van der Waals surface area contributed by atoms with E-state index in [1.54, 1.807) is 0 Å². The second-order valence-electron chi connectivity index (χ2n) is 7.68. The molecule has 0 amide bonds. The van der Waals surface area contributed by atoms with Gasteiger partial charge in [-0.2, -0.15) is 0 Å². The molecule has 0 unspecified atom stereocenters. The number of hydrogen-bond acceptors (Lipinski definition) is 3. The number of nitrogens with zero attached hydrogens (tertiary/aromatic N) is 2. The first-order chi connectivity index (χ1) is 9.31. The molecule has 4 nitrogen and oxygen atoms in total. The van der Waals surface area contributed by atoms with E-state index >= 15 is 0 Å². The molecule has 0 aliphatic carbocycles. The molecule has 20 heavy (non-hydrogen) atoms. The van der Waals surface area contributed by atoms with E-state index in [0.717, 1.165) is 13.0 Å². The summed E-state index contributed by atoms with van der Waals surface area (Å²) in [4.78, 5) is 14.5. The van der Waals surface area contributed by atoms with Crippen LogP contribution in [0.3, 0.4) is 0 Å². The molecule has 0 spiro atoms. The minimum absolute atomic E-state index is 0.0134. The van der Waals surface area contributed by atoms with E-state index in [1.165, 1.54) is 43.8 Å². The number of esters is 1. The van der Waals surface area contributed by atoms with E-state index in [2.05, 4.69) is 25.7 Å². The summed E-state index contributed by atoms with van der Waals surface area (Å²) >= 11 is 0. The minimum atomic E-state index is -0.0266. The Morgan fingerprint density at radius 2 is 1.75 bits per heavy atom. The molecular formula is C16H31N2O2+. The van der Waals surface area contributed by atoms with Crippen molar-refractivity contribution < 1.29 is 14.0 Å². The van der Waals surface area contributed by atoms with Gasteiger partial charge in [-0.1, -0.05) is 20.8 Å². The Hall–Kier alpha value is -0.610. The van der Waals surface area contributed by atoms with E-state index in [4.69, 9.17) is 4.74 Å². The van der Waals surface area contributed by atoms with Crippen LogP contribution < -0.4 is 0 Å². The fourth-order valence-electron chi connectivity index (χ4n) is 3.06. The third-order valence-corrected chi connectivity index (χ3v) is 5.21. The van der Waals surface area contributed by atoms with E-state index in [0.29, 0.717) is 6.42 Å². The van der Waals surface area contributed by atoms with Crippen LogP contribution in [0.4, 0.5) is 0 Å². The number of piperazine rings is 3. The lowest BCUT2D eigenvalue weighted by Crippen LogP contribution is -2.67. The second kappa shape index (κ2) is 6.02. The highest BCUT2D eigenvalue weighted by atomic mass is 16.5. The summed E-state index contributed by atoms with van der Waals surface area (Å²) in [5.41, 5.74) is 0.0284. The molecule has 1 atom stereocenters. The van der Waals surface area contributed by atoms with Crippen LogP contribution in [0.1, 0.15) is 40.5 Å². The Kier molecular flexibility index (Phi) is 4.75. The number of quaternary nitrogens is 1. The summed E-state index contributed by atoms with van der Waals surface area (Å²) in [7, 11) is 0. The molecule has 0 saturated carbocycles. The van der Waals surface area contributed by atoms with Crippen LogP contribution in [0.25, 0.3) is 0 Å². The van der Waals surface area contributed by atoms with Gasteiger partial charge in [-0.25, -0.2) is 0 Å². The summed E-state index contributed by atoms with van der Waals surface area (Å²) in [6, 6.07) is 0. The monoisotopic (exact) mass is 283 g/mol. The summed E-state index contributed by atoms with van der Waals surface area (Å²) in [6.45, 7) is 17.0. The van der Waals surface area contributed by atoms with Gasteiger partial charge in [0.15, 0.2) is 0 Å². The second-order valence-corrected chi connectivity index (χ2v) is 7.68. The van der Waals surface area contributed by atoms with Crippen molar-refractivity contribution in [1.29, 1.82) is 0 Å². The maximum Gasteiger partial charge on any atom is 0.306 e. The van der Waals surface area contributed by atoms with E-state index in [9.17, 15) is 4.79 Å². The Morgan fingerprint density at radius 3 is 2.25 bits per heavy atom. The molecule has 0 aromatic rings. The van der Waals surface area contributed by atoms with Crippen LogP contribution in [-0.2, 0) is 9.53 Å². The molecule has 2 bridgehead atoms. The fourth-order valence-corrected chi connectivity index (χ4v) is 3.06. The summed E-state index contributed by atoms with van der Waals surface area (Å²) in [5, 5.41) is 0. The predicted molar refractivity (Wildman–Crippen MR) is 80.4 cm³/mol. The van der Waals surface area contributed by atoms with E-state index in [1.807, 2.05) is 6.92 Å².